The highest BCUT2D eigenvalue weighted by Crippen LogP contribution is 2.26. The van der Waals surface area contributed by atoms with E-state index >= 15 is 0 Å². The summed E-state index contributed by atoms with van der Waals surface area (Å²) >= 11 is 0. The first-order chi connectivity index (χ1) is 9.97. The van der Waals surface area contributed by atoms with Gasteiger partial charge in [-0.15, -0.1) is 0 Å². The van der Waals surface area contributed by atoms with Crippen molar-refractivity contribution >= 4 is 17.7 Å². The summed E-state index contributed by atoms with van der Waals surface area (Å²) in [5, 5.41) is 14.2. The van der Waals surface area contributed by atoms with Crippen LogP contribution in [0.25, 0.3) is 0 Å². The van der Waals surface area contributed by atoms with Crippen molar-refractivity contribution in [3.8, 4) is 0 Å². The van der Waals surface area contributed by atoms with Gasteiger partial charge in [0.05, 0.1) is 11.9 Å². The first kappa shape index (κ1) is 15.2. The number of amides is 2. The summed E-state index contributed by atoms with van der Waals surface area (Å²) in [6.45, 7) is 2.63. The zero-order valence-corrected chi connectivity index (χ0v) is 12.2. The zero-order valence-electron chi connectivity index (χ0n) is 12.2. The third-order valence-electron chi connectivity index (χ3n) is 3.62. The lowest BCUT2D eigenvalue weighted by Gasteiger charge is -2.24. The number of pyridine rings is 1. The van der Waals surface area contributed by atoms with E-state index in [1.807, 2.05) is 0 Å². The lowest BCUT2D eigenvalue weighted by atomic mass is 10.3. The van der Waals surface area contributed by atoms with Crippen molar-refractivity contribution in [2.45, 2.75) is 31.8 Å². The van der Waals surface area contributed by atoms with Gasteiger partial charge in [-0.3, -0.25) is 4.90 Å². The van der Waals surface area contributed by atoms with Gasteiger partial charge in [0.15, 0.2) is 0 Å². The molecule has 1 aliphatic rings. The number of rotatable bonds is 6. The molecule has 1 fully saturated rings. The van der Waals surface area contributed by atoms with E-state index < -0.39 is 5.97 Å². The molecule has 2 amide bonds. The highest BCUT2D eigenvalue weighted by molar-refractivity contribution is 5.90. The molecule has 7 nitrogen and oxygen atoms in total. The molecule has 0 aliphatic heterocycles. The van der Waals surface area contributed by atoms with Crippen LogP contribution in [0, 0.1) is 0 Å². The second-order valence-electron chi connectivity index (χ2n) is 5.32. The molecule has 1 unspecified atom stereocenters. The average Bonchev–Trinajstić information content (AvgIpc) is 3.29. The van der Waals surface area contributed by atoms with Gasteiger partial charge >= 0.3 is 12.0 Å². The Labute approximate surface area is 123 Å². The fourth-order valence-electron chi connectivity index (χ4n) is 2.00. The number of carboxylic acids is 1. The van der Waals surface area contributed by atoms with Crippen molar-refractivity contribution in [1.82, 2.24) is 15.2 Å². The third-order valence-corrected chi connectivity index (χ3v) is 3.62. The van der Waals surface area contributed by atoms with Crippen molar-refractivity contribution in [2.75, 3.05) is 18.9 Å². The number of carbonyl (C=O) groups is 2. The van der Waals surface area contributed by atoms with E-state index in [2.05, 4.69) is 34.5 Å². The summed E-state index contributed by atoms with van der Waals surface area (Å²) in [6, 6.07) is 3.46. The topological polar surface area (TPSA) is 94.6 Å². The minimum absolute atomic E-state index is 0.0550. The van der Waals surface area contributed by atoms with Crippen molar-refractivity contribution in [3.05, 3.63) is 24.0 Å². The smallest absolute Gasteiger partial charge is 0.354 e. The minimum atomic E-state index is -1.09. The van der Waals surface area contributed by atoms with Gasteiger partial charge in [-0.2, -0.15) is 0 Å². The van der Waals surface area contributed by atoms with Gasteiger partial charge in [0.25, 0.3) is 0 Å². The van der Waals surface area contributed by atoms with Crippen LogP contribution in [0.3, 0.4) is 0 Å². The Morgan fingerprint density at radius 2 is 2.19 bits per heavy atom. The van der Waals surface area contributed by atoms with Crippen LogP contribution in [0.2, 0.25) is 0 Å². The van der Waals surface area contributed by atoms with Gasteiger partial charge in [-0.1, -0.05) is 0 Å². The highest BCUT2D eigenvalue weighted by atomic mass is 16.4. The van der Waals surface area contributed by atoms with E-state index in [1.165, 1.54) is 31.2 Å². The zero-order chi connectivity index (χ0) is 15.4. The number of aromatic carboxylic acids is 1. The molecule has 0 spiro atoms. The Hall–Kier alpha value is -2.15. The molecule has 114 valence electrons. The largest absolute Gasteiger partial charge is 0.477 e. The summed E-state index contributed by atoms with van der Waals surface area (Å²) in [6.07, 6.45) is 3.78. The summed E-state index contributed by atoms with van der Waals surface area (Å²) in [5.41, 5.74) is 0.404. The molecule has 1 aromatic rings. The first-order valence-electron chi connectivity index (χ1n) is 6.93. The van der Waals surface area contributed by atoms with Crippen LogP contribution in [0.5, 0.6) is 0 Å². The second kappa shape index (κ2) is 6.53. The van der Waals surface area contributed by atoms with Crippen LogP contribution >= 0.6 is 0 Å². The quantitative estimate of drug-likeness (QED) is 0.736. The maximum atomic E-state index is 11.8. The summed E-state index contributed by atoms with van der Waals surface area (Å²) in [4.78, 5) is 28.4. The molecule has 21 heavy (non-hydrogen) atoms. The number of urea groups is 1. The Morgan fingerprint density at radius 3 is 2.71 bits per heavy atom. The van der Waals surface area contributed by atoms with E-state index in [4.69, 9.17) is 5.11 Å². The van der Waals surface area contributed by atoms with Gasteiger partial charge in [-0.25, -0.2) is 14.6 Å². The molecule has 3 N–H and O–H groups in total. The Kier molecular flexibility index (Phi) is 4.74. The number of hydrogen-bond donors (Lipinski definition) is 3. The van der Waals surface area contributed by atoms with Crippen LogP contribution in [0.1, 0.15) is 30.3 Å². The van der Waals surface area contributed by atoms with Gasteiger partial charge < -0.3 is 15.7 Å². The van der Waals surface area contributed by atoms with Gasteiger partial charge in [0.2, 0.25) is 0 Å². The molecular formula is C14H20N4O3. The van der Waals surface area contributed by atoms with Crippen molar-refractivity contribution in [1.29, 1.82) is 0 Å². The van der Waals surface area contributed by atoms with E-state index in [0.717, 1.165) is 0 Å². The van der Waals surface area contributed by atoms with Crippen molar-refractivity contribution in [3.63, 3.8) is 0 Å². The SMILES string of the molecule is CC(CNC(=O)Nc1ccc(C(=O)O)nc1)N(C)C1CC1. The number of nitrogens with zero attached hydrogens (tertiary/aromatic N) is 2. The Morgan fingerprint density at radius 1 is 1.48 bits per heavy atom. The van der Waals surface area contributed by atoms with Crippen molar-refractivity contribution in [2.24, 2.45) is 0 Å². The van der Waals surface area contributed by atoms with Crippen LogP contribution < -0.4 is 10.6 Å². The molecule has 1 heterocycles. The Bertz CT molecular complexity index is 513. The molecule has 0 radical (unpaired) electrons. The number of carboxylic acid groups (broad SMARTS) is 1. The lowest BCUT2D eigenvalue weighted by Crippen LogP contribution is -2.42. The lowest BCUT2D eigenvalue weighted by molar-refractivity contribution is 0.0690. The van der Waals surface area contributed by atoms with Crippen LogP contribution in [0.4, 0.5) is 10.5 Å². The monoisotopic (exact) mass is 292 g/mol. The Balaban J connectivity index is 1.77. The molecule has 0 aromatic carbocycles. The molecule has 0 saturated heterocycles. The highest BCUT2D eigenvalue weighted by Gasteiger charge is 2.29. The predicted octanol–water partition coefficient (Wildman–Crippen LogP) is 1.38. The molecule has 1 saturated carbocycles. The standard InChI is InChI=1S/C14H20N4O3/c1-9(18(2)11-4-5-11)7-16-14(21)17-10-3-6-12(13(19)20)15-8-10/h3,6,8-9,11H,4-5,7H2,1-2H3,(H,19,20)(H2,16,17,21). The maximum Gasteiger partial charge on any atom is 0.354 e. The number of aromatic nitrogens is 1. The summed E-state index contributed by atoms with van der Waals surface area (Å²) in [5.74, 6) is -1.09. The molecule has 1 atom stereocenters. The van der Waals surface area contributed by atoms with E-state index in [1.54, 1.807) is 0 Å². The van der Waals surface area contributed by atoms with Gasteiger partial charge in [0.1, 0.15) is 5.69 Å². The molecule has 7 heteroatoms. The number of nitrogens with one attached hydrogen (secondary N) is 2. The van der Waals surface area contributed by atoms with Crippen LogP contribution in [-0.4, -0.2) is 52.7 Å². The number of carbonyl (C=O) groups excluding carboxylic acids is 1. The maximum absolute atomic E-state index is 11.8. The third kappa shape index (κ3) is 4.42. The number of anilines is 1. The number of hydrogen-bond acceptors (Lipinski definition) is 4. The predicted molar refractivity (Wildman–Crippen MR) is 78.5 cm³/mol. The average molecular weight is 292 g/mol. The van der Waals surface area contributed by atoms with E-state index in [0.29, 0.717) is 18.3 Å². The fourth-order valence-corrected chi connectivity index (χ4v) is 2.00. The second-order valence-corrected chi connectivity index (χ2v) is 5.32. The van der Waals surface area contributed by atoms with Crippen LogP contribution in [0.15, 0.2) is 18.3 Å². The molecule has 1 aliphatic carbocycles. The summed E-state index contributed by atoms with van der Waals surface area (Å²) < 4.78 is 0. The van der Waals surface area contributed by atoms with Crippen molar-refractivity contribution < 1.29 is 14.7 Å². The molecular weight excluding hydrogens is 272 g/mol. The van der Waals surface area contributed by atoms with E-state index in [9.17, 15) is 9.59 Å². The molecule has 2 rings (SSSR count). The van der Waals surface area contributed by atoms with E-state index in [-0.39, 0.29) is 17.8 Å². The molecule has 1 aromatic heterocycles. The first-order valence-corrected chi connectivity index (χ1v) is 6.93. The fraction of sp³-hybridized carbons (Fsp3) is 0.500. The normalized spacial score (nSPS) is 15.6. The molecule has 0 bridgehead atoms. The number of likely N-dealkylation sites (N-methyl/N-ethyl adjacent to an activating group) is 1. The van der Waals surface area contributed by atoms with Gasteiger partial charge in [-0.05, 0) is 38.9 Å². The van der Waals surface area contributed by atoms with Gasteiger partial charge in [0, 0.05) is 18.6 Å². The van der Waals surface area contributed by atoms with Crippen LogP contribution in [-0.2, 0) is 0 Å². The summed E-state index contributed by atoms with van der Waals surface area (Å²) in [7, 11) is 2.07. The minimum Gasteiger partial charge on any atom is -0.477 e.